The molecule has 0 amide bonds. The van der Waals surface area contributed by atoms with Gasteiger partial charge >= 0.3 is 0 Å². The van der Waals surface area contributed by atoms with E-state index < -0.39 is 0 Å². The van der Waals surface area contributed by atoms with Gasteiger partial charge in [0.1, 0.15) is 11.2 Å². The van der Waals surface area contributed by atoms with E-state index in [1.807, 2.05) is 6.07 Å². The van der Waals surface area contributed by atoms with Gasteiger partial charge in [-0.1, -0.05) is 152 Å². The first kappa shape index (κ1) is 33.3. The molecule has 0 bridgehead atoms. The monoisotopic (exact) mass is 752 g/mol. The number of para-hydroxylation sites is 2. The molecular weight excluding hydrogens is 717 g/mol. The van der Waals surface area contributed by atoms with E-state index >= 15 is 0 Å². The predicted molar refractivity (Wildman–Crippen MR) is 249 cm³/mol. The van der Waals surface area contributed by atoms with Crippen LogP contribution in [0, 0.1) is 0 Å². The maximum absolute atomic E-state index is 6.74. The van der Waals surface area contributed by atoms with Crippen LogP contribution in [0.3, 0.4) is 0 Å². The van der Waals surface area contributed by atoms with Gasteiger partial charge in [0, 0.05) is 49.6 Å². The molecule has 0 radical (unpaired) electrons. The lowest BCUT2D eigenvalue weighted by Gasteiger charge is -2.27. The van der Waals surface area contributed by atoms with Crippen molar-refractivity contribution in [1.29, 1.82) is 0 Å². The van der Waals surface area contributed by atoms with Gasteiger partial charge in [0.25, 0.3) is 0 Å². The van der Waals surface area contributed by atoms with E-state index in [-0.39, 0.29) is 0 Å². The van der Waals surface area contributed by atoms with Gasteiger partial charge < -0.3 is 13.9 Å². The van der Waals surface area contributed by atoms with E-state index in [0.717, 1.165) is 55.8 Å². The van der Waals surface area contributed by atoms with E-state index in [1.165, 1.54) is 54.5 Å². The molecule has 0 saturated carbocycles. The summed E-state index contributed by atoms with van der Waals surface area (Å²) in [5, 5.41) is 9.55. The van der Waals surface area contributed by atoms with Crippen molar-refractivity contribution in [2.75, 3.05) is 4.90 Å². The number of benzene rings is 10. The van der Waals surface area contributed by atoms with Crippen LogP contribution in [0.15, 0.2) is 223 Å². The predicted octanol–water partition coefficient (Wildman–Crippen LogP) is 15.8. The Morgan fingerprint density at radius 3 is 1.73 bits per heavy atom. The van der Waals surface area contributed by atoms with Gasteiger partial charge in [0.2, 0.25) is 0 Å². The zero-order chi connectivity index (χ0) is 38.9. The molecule has 2 aromatic heterocycles. The molecule has 0 N–H and O–H groups in total. The summed E-state index contributed by atoms with van der Waals surface area (Å²) in [7, 11) is 0. The van der Waals surface area contributed by atoms with Crippen molar-refractivity contribution < 1.29 is 4.42 Å². The van der Waals surface area contributed by atoms with Gasteiger partial charge in [-0.2, -0.15) is 0 Å². The Kier molecular flexibility index (Phi) is 7.54. The summed E-state index contributed by atoms with van der Waals surface area (Å²) < 4.78 is 9.16. The topological polar surface area (TPSA) is 21.3 Å². The molecule has 0 unspecified atom stereocenters. The maximum atomic E-state index is 6.74. The maximum Gasteiger partial charge on any atom is 0.143 e. The number of hydrogen-bond donors (Lipinski definition) is 0. The number of nitrogens with zero attached hydrogens (tertiary/aromatic N) is 2. The van der Waals surface area contributed by atoms with Gasteiger partial charge in [-0.15, -0.1) is 0 Å². The van der Waals surface area contributed by atoms with Crippen molar-refractivity contribution in [3.63, 3.8) is 0 Å². The van der Waals surface area contributed by atoms with Crippen molar-refractivity contribution in [2.45, 2.75) is 0 Å². The summed E-state index contributed by atoms with van der Waals surface area (Å²) >= 11 is 0. The fourth-order valence-corrected chi connectivity index (χ4v) is 9.14. The molecule has 0 saturated heterocycles. The van der Waals surface area contributed by atoms with Crippen LogP contribution in [0.4, 0.5) is 17.1 Å². The smallest absolute Gasteiger partial charge is 0.143 e. The molecule has 10 aromatic carbocycles. The minimum absolute atomic E-state index is 0.881. The van der Waals surface area contributed by atoms with E-state index in [0.29, 0.717) is 0 Å². The van der Waals surface area contributed by atoms with Gasteiger partial charge in [0.05, 0.1) is 16.7 Å². The van der Waals surface area contributed by atoms with Crippen LogP contribution in [0.25, 0.3) is 93.2 Å². The molecule has 2 heterocycles. The number of hydrogen-bond acceptors (Lipinski definition) is 2. The molecule has 276 valence electrons. The minimum atomic E-state index is 0.881. The first-order valence-electron chi connectivity index (χ1n) is 20.2. The average molecular weight is 753 g/mol. The second-order valence-corrected chi connectivity index (χ2v) is 15.3. The van der Waals surface area contributed by atoms with Gasteiger partial charge in [-0.3, -0.25) is 0 Å². The highest BCUT2D eigenvalue weighted by molar-refractivity contribution is 6.15. The first-order valence-corrected chi connectivity index (χ1v) is 20.2. The molecule has 12 aromatic rings. The lowest BCUT2D eigenvalue weighted by molar-refractivity contribution is 0.670. The average Bonchev–Trinajstić information content (AvgIpc) is 3.84. The van der Waals surface area contributed by atoms with Crippen LogP contribution in [-0.2, 0) is 0 Å². The van der Waals surface area contributed by atoms with Crippen molar-refractivity contribution in [2.24, 2.45) is 0 Å². The fourth-order valence-electron chi connectivity index (χ4n) is 9.14. The largest absolute Gasteiger partial charge is 0.455 e. The van der Waals surface area contributed by atoms with Crippen LogP contribution in [-0.4, -0.2) is 4.57 Å². The number of aromatic nitrogens is 1. The third-order valence-corrected chi connectivity index (χ3v) is 11.9. The lowest BCUT2D eigenvalue weighted by Crippen LogP contribution is -2.10. The summed E-state index contributed by atoms with van der Waals surface area (Å²) in [5.74, 6) is 0. The summed E-state index contributed by atoms with van der Waals surface area (Å²) in [4.78, 5) is 2.37. The SMILES string of the molecule is c1ccc(-c2ccc(N(c3ccc(-c4cc(-n5c6ccccc6c6cc7ccccc7cc65)cc5c4oc4ccccc45)cc3)c3cccc4ccccc34)cc2)cc1. The van der Waals surface area contributed by atoms with Crippen LogP contribution in [0.5, 0.6) is 0 Å². The molecular formula is C56H36N2O. The summed E-state index contributed by atoms with van der Waals surface area (Å²) in [6.07, 6.45) is 0. The second-order valence-electron chi connectivity index (χ2n) is 15.3. The molecule has 59 heavy (non-hydrogen) atoms. The van der Waals surface area contributed by atoms with E-state index in [9.17, 15) is 0 Å². The zero-order valence-corrected chi connectivity index (χ0v) is 32.1. The van der Waals surface area contributed by atoms with Crippen molar-refractivity contribution in [3.05, 3.63) is 218 Å². The van der Waals surface area contributed by atoms with Crippen LogP contribution < -0.4 is 4.90 Å². The highest BCUT2D eigenvalue weighted by Crippen LogP contribution is 2.44. The molecule has 12 rings (SSSR count). The number of fused-ring (bicyclic) bond motifs is 8. The summed E-state index contributed by atoms with van der Waals surface area (Å²) in [5.41, 5.74) is 13.0. The third-order valence-electron chi connectivity index (χ3n) is 11.9. The van der Waals surface area contributed by atoms with E-state index in [4.69, 9.17) is 4.42 Å². The van der Waals surface area contributed by atoms with Gasteiger partial charge in [-0.25, -0.2) is 0 Å². The Labute approximate surface area is 341 Å². The minimum Gasteiger partial charge on any atom is -0.455 e. The number of furan rings is 1. The van der Waals surface area contributed by atoms with Crippen molar-refractivity contribution in [1.82, 2.24) is 4.57 Å². The normalized spacial score (nSPS) is 11.7. The molecule has 0 aliphatic rings. The quantitative estimate of drug-likeness (QED) is 0.169. The highest BCUT2D eigenvalue weighted by Gasteiger charge is 2.20. The third kappa shape index (κ3) is 5.44. The summed E-state index contributed by atoms with van der Waals surface area (Å²) in [6, 6.07) is 78.7. The summed E-state index contributed by atoms with van der Waals surface area (Å²) in [6.45, 7) is 0. The Balaban J connectivity index is 1.05. The number of rotatable bonds is 6. The first-order chi connectivity index (χ1) is 29.2. The molecule has 3 heteroatoms. The Morgan fingerprint density at radius 1 is 0.356 bits per heavy atom. The molecule has 3 nitrogen and oxygen atoms in total. The molecule has 0 aliphatic carbocycles. The Hall–Kier alpha value is -7.88. The second kappa shape index (κ2) is 13.4. The van der Waals surface area contributed by atoms with Crippen LogP contribution in [0.1, 0.15) is 0 Å². The Bertz CT molecular complexity index is 3540. The van der Waals surface area contributed by atoms with Crippen LogP contribution >= 0.6 is 0 Å². The standard InChI is InChI=1S/C56H36N2O/c1-2-13-37(14-3-1)38-25-29-43(30-26-38)57(52-23-12-18-39-15-6-7-19-46(39)52)44-31-27-40(28-32-44)49-35-45(36-51-48-21-9-11-24-55(48)59-56(49)51)58-53-22-10-8-20-47(53)50-33-41-16-4-5-17-42(41)34-54(50)58/h1-36H. The molecule has 0 fully saturated rings. The van der Waals surface area contributed by atoms with Crippen molar-refractivity contribution >= 4 is 82.4 Å². The van der Waals surface area contributed by atoms with Crippen molar-refractivity contribution in [3.8, 4) is 27.9 Å². The fraction of sp³-hybridized carbons (Fsp3) is 0. The Morgan fingerprint density at radius 2 is 0.949 bits per heavy atom. The molecule has 0 aliphatic heterocycles. The van der Waals surface area contributed by atoms with Gasteiger partial charge in [0.15, 0.2) is 0 Å². The molecule has 0 atom stereocenters. The zero-order valence-electron chi connectivity index (χ0n) is 32.1. The molecule has 0 spiro atoms. The van der Waals surface area contributed by atoms with E-state index in [1.54, 1.807) is 0 Å². The highest BCUT2D eigenvalue weighted by atomic mass is 16.3. The number of anilines is 3. The van der Waals surface area contributed by atoms with E-state index in [2.05, 4.69) is 222 Å². The van der Waals surface area contributed by atoms with Crippen LogP contribution in [0.2, 0.25) is 0 Å². The lowest BCUT2D eigenvalue weighted by atomic mass is 10.00. The van der Waals surface area contributed by atoms with Gasteiger partial charge in [-0.05, 0) is 99.6 Å².